The van der Waals surface area contributed by atoms with E-state index in [4.69, 9.17) is 16.0 Å². The summed E-state index contributed by atoms with van der Waals surface area (Å²) in [5, 5.41) is 1.10. The summed E-state index contributed by atoms with van der Waals surface area (Å²) in [6.45, 7) is 4.07. The first-order valence-electron chi connectivity index (χ1n) is 8.52. The number of carbonyl (C=O) groups excluding carboxylic acids is 1. The molecule has 2 aromatic carbocycles. The summed E-state index contributed by atoms with van der Waals surface area (Å²) in [5.41, 5.74) is 1.38. The highest BCUT2D eigenvalue weighted by Gasteiger charge is 2.35. The summed E-state index contributed by atoms with van der Waals surface area (Å²) in [7, 11) is -3.76. The molecule has 0 radical (unpaired) electrons. The molecule has 0 fully saturated rings. The quantitative estimate of drug-likeness (QED) is 0.664. The molecule has 27 heavy (non-hydrogen) atoms. The van der Waals surface area contributed by atoms with E-state index in [0.717, 1.165) is 0 Å². The Bertz CT molecular complexity index is 1160. The monoisotopic (exact) mass is 403 g/mol. The van der Waals surface area contributed by atoms with E-state index in [1.165, 1.54) is 24.3 Å². The van der Waals surface area contributed by atoms with Gasteiger partial charge in [0.05, 0.1) is 10.5 Å². The molecule has 1 heterocycles. The standard InChI is InChI=1S/C20H18ClNO4S/c1-20(2)10-16(23)19-15-9-13(5-8-17(15)26-18(19)11-20)22-27(24,25)14-6-3-12(21)4-7-14/h3-9,22H,10-11H2,1-2H3. The zero-order valence-electron chi connectivity index (χ0n) is 14.9. The van der Waals surface area contributed by atoms with Crippen molar-refractivity contribution in [3.63, 3.8) is 0 Å². The molecule has 0 bridgehead atoms. The maximum Gasteiger partial charge on any atom is 0.261 e. The molecule has 0 spiro atoms. The van der Waals surface area contributed by atoms with E-state index in [-0.39, 0.29) is 16.1 Å². The van der Waals surface area contributed by atoms with E-state index in [9.17, 15) is 13.2 Å². The van der Waals surface area contributed by atoms with Crippen LogP contribution in [0.25, 0.3) is 11.0 Å². The molecule has 0 aliphatic heterocycles. The zero-order chi connectivity index (χ0) is 19.4. The van der Waals surface area contributed by atoms with Crippen LogP contribution in [-0.4, -0.2) is 14.2 Å². The molecule has 140 valence electrons. The number of hydrogen-bond donors (Lipinski definition) is 1. The van der Waals surface area contributed by atoms with Gasteiger partial charge in [-0.1, -0.05) is 25.4 Å². The van der Waals surface area contributed by atoms with E-state index in [1.54, 1.807) is 18.2 Å². The number of sulfonamides is 1. The summed E-state index contributed by atoms with van der Waals surface area (Å²) >= 11 is 5.82. The van der Waals surface area contributed by atoms with E-state index < -0.39 is 10.0 Å². The number of anilines is 1. The second-order valence-corrected chi connectivity index (χ2v) is 9.73. The molecule has 0 atom stereocenters. The highest BCUT2D eigenvalue weighted by molar-refractivity contribution is 7.92. The van der Waals surface area contributed by atoms with Gasteiger partial charge in [0.1, 0.15) is 11.3 Å². The molecule has 0 unspecified atom stereocenters. The average Bonchev–Trinajstić information content (AvgIpc) is 2.91. The van der Waals surface area contributed by atoms with Crippen LogP contribution in [-0.2, 0) is 16.4 Å². The molecule has 1 aliphatic rings. The van der Waals surface area contributed by atoms with Gasteiger partial charge in [0.2, 0.25) is 0 Å². The molecule has 7 heteroatoms. The van der Waals surface area contributed by atoms with Crippen LogP contribution in [0.4, 0.5) is 5.69 Å². The lowest BCUT2D eigenvalue weighted by Gasteiger charge is -2.27. The Morgan fingerprint density at radius 1 is 1.07 bits per heavy atom. The summed E-state index contributed by atoms with van der Waals surface area (Å²) in [4.78, 5) is 12.7. The normalized spacial score (nSPS) is 16.3. The molecule has 1 N–H and O–H groups in total. The number of carbonyl (C=O) groups is 1. The molecule has 1 aromatic heterocycles. The van der Waals surface area contributed by atoms with Crippen LogP contribution in [0, 0.1) is 5.41 Å². The minimum Gasteiger partial charge on any atom is -0.460 e. The van der Waals surface area contributed by atoms with Crippen molar-refractivity contribution in [2.45, 2.75) is 31.6 Å². The van der Waals surface area contributed by atoms with Crippen LogP contribution in [0.15, 0.2) is 51.8 Å². The molecule has 3 aromatic rings. The van der Waals surface area contributed by atoms with Crippen LogP contribution in [0.5, 0.6) is 0 Å². The van der Waals surface area contributed by atoms with Gasteiger partial charge in [0, 0.05) is 28.9 Å². The van der Waals surface area contributed by atoms with E-state index in [0.29, 0.717) is 45.8 Å². The van der Waals surface area contributed by atoms with Crippen molar-refractivity contribution in [1.29, 1.82) is 0 Å². The average molecular weight is 404 g/mol. The van der Waals surface area contributed by atoms with Crippen molar-refractivity contribution in [3.05, 3.63) is 58.8 Å². The minimum absolute atomic E-state index is 0.0257. The van der Waals surface area contributed by atoms with Gasteiger partial charge < -0.3 is 4.42 Å². The SMILES string of the molecule is CC1(C)CC(=O)c2c(oc3ccc(NS(=O)(=O)c4ccc(Cl)cc4)cc23)C1. The number of fused-ring (bicyclic) bond motifs is 3. The van der Waals surface area contributed by atoms with Gasteiger partial charge in [-0.25, -0.2) is 8.42 Å². The summed E-state index contributed by atoms with van der Waals surface area (Å²) in [6.07, 6.45) is 1.12. The fourth-order valence-electron chi connectivity index (χ4n) is 3.49. The summed E-state index contributed by atoms with van der Waals surface area (Å²) < 4.78 is 33.6. The van der Waals surface area contributed by atoms with Crippen molar-refractivity contribution in [2.24, 2.45) is 5.41 Å². The highest BCUT2D eigenvalue weighted by Crippen LogP contribution is 2.40. The number of nitrogens with one attached hydrogen (secondary N) is 1. The number of benzene rings is 2. The molecule has 0 amide bonds. The van der Waals surface area contributed by atoms with Crippen molar-refractivity contribution in [3.8, 4) is 0 Å². The fourth-order valence-corrected chi connectivity index (χ4v) is 4.67. The first-order chi connectivity index (χ1) is 12.6. The van der Waals surface area contributed by atoms with Gasteiger partial charge in [0.15, 0.2) is 5.78 Å². The van der Waals surface area contributed by atoms with Crippen molar-refractivity contribution >= 4 is 44.1 Å². The van der Waals surface area contributed by atoms with Crippen LogP contribution in [0.2, 0.25) is 5.02 Å². The molecule has 0 saturated heterocycles. The Morgan fingerprint density at radius 3 is 2.48 bits per heavy atom. The second kappa shape index (κ2) is 6.11. The van der Waals surface area contributed by atoms with Gasteiger partial charge in [-0.3, -0.25) is 9.52 Å². The van der Waals surface area contributed by atoms with Gasteiger partial charge in [-0.15, -0.1) is 0 Å². The Kier molecular flexibility index (Phi) is 4.09. The first kappa shape index (κ1) is 18.1. The maximum absolute atomic E-state index is 12.6. The lowest BCUT2D eigenvalue weighted by Crippen LogP contribution is -2.25. The third-order valence-electron chi connectivity index (χ3n) is 4.69. The lowest BCUT2D eigenvalue weighted by molar-refractivity contribution is 0.0906. The molecular weight excluding hydrogens is 386 g/mol. The predicted molar refractivity (Wildman–Crippen MR) is 105 cm³/mol. The Morgan fingerprint density at radius 2 is 1.78 bits per heavy atom. The zero-order valence-corrected chi connectivity index (χ0v) is 16.4. The van der Waals surface area contributed by atoms with Gasteiger partial charge in [-0.2, -0.15) is 0 Å². The van der Waals surface area contributed by atoms with Gasteiger partial charge in [0.25, 0.3) is 10.0 Å². The Balaban J connectivity index is 1.73. The lowest BCUT2D eigenvalue weighted by atomic mass is 9.76. The van der Waals surface area contributed by atoms with Crippen LogP contribution in [0.3, 0.4) is 0 Å². The van der Waals surface area contributed by atoms with Crippen molar-refractivity contribution in [2.75, 3.05) is 4.72 Å². The van der Waals surface area contributed by atoms with Crippen LogP contribution < -0.4 is 4.72 Å². The number of halogens is 1. The highest BCUT2D eigenvalue weighted by atomic mass is 35.5. The Labute approximate surface area is 162 Å². The Hall–Kier alpha value is -2.31. The van der Waals surface area contributed by atoms with Gasteiger partial charge >= 0.3 is 0 Å². The number of ketones is 1. The number of furan rings is 1. The third kappa shape index (κ3) is 3.35. The molecule has 5 nitrogen and oxygen atoms in total. The predicted octanol–water partition coefficient (Wildman–Crippen LogP) is 5.04. The van der Waals surface area contributed by atoms with Crippen molar-refractivity contribution < 1.29 is 17.6 Å². The first-order valence-corrected chi connectivity index (χ1v) is 10.4. The summed E-state index contributed by atoms with van der Waals surface area (Å²) in [6, 6.07) is 10.9. The smallest absolute Gasteiger partial charge is 0.261 e. The third-order valence-corrected chi connectivity index (χ3v) is 6.34. The number of Topliss-reactive ketones (excluding diaryl/α,β-unsaturated/α-hetero) is 1. The summed E-state index contributed by atoms with van der Waals surface area (Å²) in [5.74, 6) is 0.696. The van der Waals surface area contributed by atoms with Crippen molar-refractivity contribution in [1.82, 2.24) is 0 Å². The number of rotatable bonds is 3. The maximum atomic E-state index is 12.6. The fraction of sp³-hybridized carbons (Fsp3) is 0.250. The number of hydrogen-bond acceptors (Lipinski definition) is 4. The largest absolute Gasteiger partial charge is 0.460 e. The van der Waals surface area contributed by atoms with E-state index >= 15 is 0 Å². The van der Waals surface area contributed by atoms with Crippen LogP contribution in [0.1, 0.15) is 36.4 Å². The molecule has 1 aliphatic carbocycles. The van der Waals surface area contributed by atoms with E-state index in [1.807, 2.05) is 13.8 Å². The topological polar surface area (TPSA) is 76.4 Å². The molecule has 4 rings (SSSR count). The van der Waals surface area contributed by atoms with Gasteiger partial charge in [-0.05, 0) is 47.9 Å². The molecule has 0 saturated carbocycles. The van der Waals surface area contributed by atoms with Crippen LogP contribution >= 0.6 is 11.6 Å². The second-order valence-electron chi connectivity index (χ2n) is 7.61. The molecular formula is C20H18ClNO4S. The van der Waals surface area contributed by atoms with E-state index in [2.05, 4.69) is 4.72 Å². The minimum atomic E-state index is -3.76.